The number of hydrogen-bond acceptors (Lipinski definition) is 7. The Morgan fingerprint density at radius 3 is 1.79 bits per heavy atom. The smallest absolute Gasteiger partial charge is 0.326 e. The maximum atomic E-state index is 12.8. The number of carbonyl (C=O) groups excluding carboxylic acids is 4. The van der Waals surface area contributed by atoms with E-state index >= 15 is 0 Å². The van der Waals surface area contributed by atoms with E-state index in [2.05, 4.69) is 16.0 Å². The standard InChI is InChI=1S/C20H35N5O8/c1-9(2)7-11(21)17(29)23-12(5-6-15(27)28)18(30)25-16(10(3)4)19(31)24-13(20(32)33)8-14(22)26/h9-13,16H,5-8,21H2,1-4H3,(H2,22,26)(H,23,29)(H,24,31)(H,25,30)(H,27,28)(H,32,33). The van der Waals surface area contributed by atoms with Crippen LogP contribution in [0.2, 0.25) is 0 Å². The van der Waals surface area contributed by atoms with E-state index in [1.807, 2.05) is 13.8 Å². The molecule has 4 atom stereocenters. The van der Waals surface area contributed by atoms with Crippen LogP contribution in [0.4, 0.5) is 0 Å². The molecule has 0 aromatic rings. The number of nitrogens with two attached hydrogens (primary N) is 2. The second kappa shape index (κ2) is 14.0. The molecule has 33 heavy (non-hydrogen) atoms. The Labute approximate surface area is 192 Å². The zero-order valence-electron chi connectivity index (χ0n) is 19.3. The van der Waals surface area contributed by atoms with Crippen molar-refractivity contribution in [2.45, 2.75) is 77.5 Å². The lowest BCUT2D eigenvalue weighted by molar-refractivity contribution is -0.144. The topological polar surface area (TPSA) is 231 Å². The van der Waals surface area contributed by atoms with Crippen molar-refractivity contribution in [3.8, 4) is 0 Å². The van der Waals surface area contributed by atoms with E-state index in [0.717, 1.165) is 0 Å². The molecule has 0 fully saturated rings. The Bertz CT molecular complexity index is 740. The molecule has 0 spiro atoms. The van der Waals surface area contributed by atoms with Gasteiger partial charge >= 0.3 is 11.9 Å². The molecule has 0 saturated carbocycles. The van der Waals surface area contributed by atoms with Crippen molar-refractivity contribution in [3.05, 3.63) is 0 Å². The number of carboxylic acid groups (broad SMARTS) is 2. The number of hydrogen-bond donors (Lipinski definition) is 7. The van der Waals surface area contributed by atoms with Gasteiger partial charge in [-0.2, -0.15) is 0 Å². The number of amides is 4. The van der Waals surface area contributed by atoms with Crippen LogP contribution in [0, 0.1) is 11.8 Å². The van der Waals surface area contributed by atoms with E-state index in [9.17, 15) is 33.9 Å². The first-order valence-corrected chi connectivity index (χ1v) is 10.5. The van der Waals surface area contributed by atoms with Crippen LogP contribution in [-0.2, 0) is 28.8 Å². The average molecular weight is 474 g/mol. The van der Waals surface area contributed by atoms with E-state index in [4.69, 9.17) is 16.6 Å². The highest BCUT2D eigenvalue weighted by Gasteiger charge is 2.32. The Morgan fingerprint density at radius 2 is 1.36 bits per heavy atom. The molecule has 0 aliphatic carbocycles. The van der Waals surface area contributed by atoms with E-state index in [1.165, 1.54) is 0 Å². The van der Waals surface area contributed by atoms with E-state index in [1.54, 1.807) is 13.8 Å². The molecule has 4 amide bonds. The maximum absolute atomic E-state index is 12.8. The van der Waals surface area contributed by atoms with Crippen molar-refractivity contribution in [3.63, 3.8) is 0 Å². The summed E-state index contributed by atoms with van der Waals surface area (Å²) in [5.74, 6) is -6.40. The van der Waals surface area contributed by atoms with Gasteiger partial charge < -0.3 is 37.6 Å². The van der Waals surface area contributed by atoms with E-state index < -0.39 is 78.5 Å². The molecule has 0 heterocycles. The van der Waals surface area contributed by atoms with Crippen molar-refractivity contribution in [1.82, 2.24) is 16.0 Å². The largest absolute Gasteiger partial charge is 0.481 e. The fraction of sp³-hybridized carbons (Fsp3) is 0.700. The van der Waals surface area contributed by atoms with Gasteiger partial charge in [0, 0.05) is 6.42 Å². The fourth-order valence-corrected chi connectivity index (χ4v) is 2.88. The molecule has 13 nitrogen and oxygen atoms in total. The molecule has 9 N–H and O–H groups in total. The molecule has 0 aliphatic heterocycles. The number of carboxylic acids is 2. The third-order valence-corrected chi connectivity index (χ3v) is 4.61. The lowest BCUT2D eigenvalue weighted by Crippen LogP contribution is -2.58. The second-order valence-corrected chi connectivity index (χ2v) is 8.53. The van der Waals surface area contributed by atoms with Crippen molar-refractivity contribution in [1.29, 1.82) is 0 Å². The van der Waals surface area contributed by atoms with Gasteiger partial charge in [0.1, 0.15) is 18.1 Å². The van der Waals surface area contributed by atoms with Crippen molar-refractivity contribution >= 4 is 35.6 Å². The summed E-state index contributed by atoms with van der Waals surface area (Å²) in [6, 6.07) is -5.04. The highest BCUT2D eigenvalue weighted by molar-refractivity contribution is 5.95. The summed E-state index contributed by atoms with van der Waals surface area (Å²) in [6.07, 6.45) is -0.999. The van der Waals surface area contributed by atoms with Crippen LogP contribution in [0.3, 0.4) is 0 Å². The van der Waals surface area contributed by atoms with Gasteiger partial charge in [-0.25, -0.2) is 4.79 Å². The molecule has 0 aromatic heterocycles. The van der Waals surface area contributed by atoms with Gasteiger partial charge in [-0.1, -0.05) is 27.7 Å². The summed E-state index contributed by atoms with van der Waals surface area (Å²) in [7, 11) is 0. The van der Waals surface area contributed by atoms with Gasteiger partial charge in [0.05, 0.1) is 12.5 Å². The van der Waals surface area contributed by atoms with Crippen LogP contribution in [0.5, 0.6) is 0 Å². The van der Waals surface area contributed by atoms with Crippen LogP contribution < -0.4 is 27.4 Å². The van der Waals surface area contributed by atoms with Gasteiger partial charge in [0.15, 0.2) is 0 Å². The van der Waals surface area contributed by atoms with Crippen LogP contribution >= 0.6 is 0 Å². The first kappa shape index (κ1) is 29.8. The van der Waals surface area contributed by atoms with Crippen LogP contribution in [0.15, 0.2) is 0 Å². The van der Waals surface area contributed by atoms with Gasteiger partial charge in [-0.05, 0) is 24.7 Å². The minimum absolute atomic E-state index is 0.105. The maximum Gasteiger partial charge on any atom is 0.326 e. The molecule has 4 unspecified atom stereocenters. The summed E-state index contributed by atoms with van der Waals surface area (Å²) in [5.41, 5.74) is 10.8. The Balaban J connectivity index is 5.50. The minimum Gasteiger partial charge on any atom is -0.481 e. The number of rotatable bonds is 15. The third kappa shape index (κ3) is 11.8. The quantitative estimate of drug-likeness (QED) is 0.143. The molecular weight excluding hydrogens is 438 g/mol. The lowest BCUT2D eigenvalue weighted by atomic mass is 10.0. The minimum atomic E-state index is -1.59. The second-order valence-electron chi connectivity index (χ2n) is 8.53. The van der Waals surface area contributed by atoms with Crippen LogP contribution in [0.25, 0.3) is 0 Å². The van der Waals surface area contributed by atoms with Gasteiger partial charge in [0.2, 0.25) is 23.6 Å². The number of primary amides is 1. The zero-order chi connectivity index (χ0) is 25.9. The first-order valence-electron chi connectivity index (χ1n) is 10.5. The van der Waals surface area contributed by atoms with E-state index in [-0.39, 0.29) is 12.3 Å². The monoisotopic (exact) mass is 473 g/mol. The summed E-state index contributed by atoms with van der Waals surface area (Å²) in [5, 5.41) is 25.1. The molecule has 0 aromatic carbocycles. The highest BCUT2D eigenvalue weighted by atomic mass is 16.4. The average Bonchev–Trinajstić information content (AvgIpc) is 2.66. The van der Waals surface area contributed by atoms with Gasteiger partial charge in [0.25, 0.3) is 0 Å². The van der Waals surface area contributed by atoms with Gasteiger partial charge in [-0.15, -0.1) is 0 Å². The Hall–Kier alpha value is -3.22. The lowest BCUT2D eigenvalue weighted by Gasteiger charge is -2.27. The van der Waals surface area contributed by atoms with Crippen molar-refractivity contribution < 1.29 is 39.0 Å². The summed E-state index contributed by atoms with van der Waals surface area (Å²) in [4.78, 5) is 71.1. The normalized spacial score (nSPS) is 14.6. The molecule has 188 valence electrons. The van der Waals surface area contributed by atoms with Crippen LogP contribution in [0.1, 0.15) is 53.4 Å². The zero-order valence-corrected chi connectivity index (χ0v) is 19.3. The first-order chi connectivity index (χ1) is 15.1. The van der Waals surface area contributed by atoms with Gasteiger partial charge in [-0.3, -0.25) is 24.0 Å². The Morgan fingerprint density at radius 1 is 0.818 bits per heavy atom. The van der Waals surface area contributed by atoms with Crippen molar-refractivity contribution in [2.75, 3.05) is 0 Å². The molecule has 13 heteroatoms. The summed E-state index contributed by atoms with van der Waals surface area (Å²) >= 11 is 0. The molecule has 0 rings (SSSR count). The predicted molar refractivity (Wildman–Crippen MR) is 116 cm³/mol. The predicted octanol–water partition coefficient (Wildman–Crippen LogP) is -1.70. The molecule has 0 saturated heterocycles. The number of carbonyl (C=O) groups is 6. The summed E-state index contributed by atoms with van der Waals surface area (Å²) < 4.78 is 0. The SMILES string of the molecule is CC(C)CC(N)C(=O)NC(CCC(=O)O)C(=O)NC(C(=O)NC(CC(N)=O)C(=O)O)C(C)C. The third-order valence-electron chi connectivity index (χ3n) is 4.61. The van der Waals surface area contributed by atoms with Crippen molar-refractivity contribution in [2.24, 2.45) is 23.3 Å². The Kier molecular flexibility index (Phi) is 12.7. The molecule has 0 bridgehead atoms. The molecular formula is C20H35N5O8. The van der Waals surface area contributed by atoms with Crippen LogP contribution in [-0.4, -0.2) is 69.9 Å². The molecule has 0 aliphatic rings. The highest BCUT2D eigenvalue weighted by Crippen LogP contribution is 2.08. The molecule has 0 radical (unpaired) electrons. The van der Waals surface area contributed by atoms with E-state index in [0.29, 0.717) is 6.42 Å². The number of aliphatic carboxylic acids is 2. The summed E-state index contributed by atoms with van der Waals surface area (Å²) in [6.45, 7) is 6.88. The number of nitrogens with one attached hydrogen (secondary N) is 3. The fourth-order valence-electron chi connectivity index (χ4n) is 2.88.